The number of carbonyl (C=O) groups excluding carboxylic acids is 2. The molecule has 2 aromatic carbocycles. The smallest absolute Gasteiger partial charge is 0.251 e. The molecule has 1 heterocycles. The third kappa shape index (κ3) is 5.64. The van der Waals surface area contributed by atoms with E-state index in [-0.39, 0.29) is 29.9 Å². The molecule has 0 atom stereocenters. The van der Waals surface area contributed by atoms with Gasteiger partial charge in [0.15, 0.2) is 11.0 Å². The van der Waals surface area contributed by atoms with Crippen LogP contribution in [0.25, 0.3) is 0 Å². The van der Waals surface area contributed by atoms with Crippen LogP contribution in [0.2, 0.25) is 0 Å². The normalized spacial score (nSPS) is 10.6. The second kappa shape index (κ2) is 9.33. The molecule has 3 aromatic rings. The fourth-order valence-corrected chi connectivity index (χ4v) is 3.26. The van der Waals surface area contributed by atoms with Crippen LogP contribution in [-0.4, -0.2) is 32.3 Å². The van der Waals surface area contributed by atoms with Crippen molar-refractivity contribution in [3.63, 3.8) is 0 Å². The number of hydrogen-bond donors (Lipinski definition) is 2. The van der Waals surface area contributed by atoms with Crippen LogP contribution >= 0.6 is 11.8 Å². The largest absolute Gasteiger partial charge is 0.345 e. The second-order valence-corrected chi connectivity index (χ2v) is 7.30. The number of benzene rings is 2. The first-order valence-corrected chi connectivity index (χ1v) is 9.82. The van der Waals surface area contributed by atoms with Crippen molar-refractivity contribution in [3.8, 4) is 0 Å². The summed E-state index contributed by atoms with van der Waals surface area (Å²) >= 11 is 1.22. The lowest BCUT2D eigenvalue weighted by atomic mass is 10.1. The van der Waals surface area contributed by atoms with E-state index in [1.54, 1.807) is 17.7 Å². The Morgan fingerprint density at radius 1 is 1.14 bits per heavy atom. The summed E-state index contributed by atoms with van der Waals surface area (Å²) in [6.07, 6.45) is 0. The van der Waals surface area contributed by atoms with Gasteiger partial charge in [-0.1, -0.05) is 29.5 Å². The molecule has 9 heteroatoms. The van der Waals surface area contributed by atoms with Crippen molar-refractivity contribution < 1.29 is 14.0 Å². The highest BCUT2D eigenvalue weighted by Crippen LogP contribution is 2.17. The lowest BCUT2D eigenvalue weighted by Crippen LogP contribution is -2.24. The van der Waals surface area contributed by atoms with E-state index in [0.29, 0.717) is 22.2 Å². The van der Waals surface area contributed by atoms with Gasteiger partial charge < -0.3 is 15.2 Å². The second-order valence-electron chi connectivity index (χ2n) is 6.35. The summed E-state index contributed by atoms with van der Waals surface area (Å²) < 4.78 is 14.6. The average molecular weight is 413 g/mol. The van der Waals surface area contributed by atoms with Crippen LogP contribution < -0.4 is 10.6 Å². The van der Waals surface area contributed by atoms with Crippen molar-refractivity contribution in [1.82, 2.24) is 20.1 Å². The van der Waals surface area contributed by atoms with Crippen molar-refractivity contribution in [2.75, 3.05) is 11.1 Å². The number of thioether (sulfide) groups is 1. The molecule has 0 saturated heterocycles. The van der Waals surface area contributed by atoms with Gasteiger partial charge in [0.2, 0.25) is 5.91 Å². The zero-order chi connectivity index (χ0) is 20.8. The third-order valence-corrected chi connectivity index (χ3v) is 5.09. The summed E-state index contributed by atoms with van der Waals surface area (Å²) in [7, 11) is 1.77. The monoisotopic (exact) mass is 413 g/mol. The predicted molar refractivity (Wildman–Crippen MR) is 109 cm³/mol. The van der Waals surface area contributed by atoms with Crippen LogP contribution in [0.15, 0.2) is 53.7 Å². The topological polar surface area (TPSA) is 88.9 Å². The summed E-state index contributed by atoms with van der Waals surface area (Å²) in [5.41, 5.74) is 2.11. The first kappa shape index (κ1) is 20.5. The van der Waals surface area contributed by atoms with Gasteiger partial charge in [0, 0.05) is 18.3 Å². The van der Waals surface area contributed by atoms with Crippen LogP contribution in [0, 0.1) is 12.7 Å². The SMILES string of the molecule is Cc1cccc(C(=O)NCc2nnc(SCC(=O)Nc3ccc(F)cc3)n2C)c1. The first-order valence-electron chi connectivity index (χ1n) is 8.84. The first-order chi connectivity index (χ1) is 13.9. The van der Waals surface area contributed by atoms with E-state index in [4.69, 9.17) is 0 Å². The number of anilines is 1. The summed E-state index contributed by atoms with van der Waals surface area (Å²) in [5.74, 6) is -0.0895. The van der Waals surface area contributed by atoms with Crippen molar-refractivity contribution >= 4 is 29.3 Å². The van der Waals surface area contributed by atoms with Gasteiger partial charge in [-0.2, -0.15) is 0 Å². The van der Waals surface area contributed by atoms with Gasteiger partial charge in [0.05, 0.1) is 12.3 Å². The molecule has 0 fully saturated rings. The Bertz CT molecular complexity index is 1020. The third-order valence-electron chi connectivity index (χ3n) is 4.07. The number of carbonyl (C=O) groups is 2. The molecular formula is C20H20FN5O2S. The average Bonchev–Trinajstić information content (AvgIpc) is 3.06. The molecule has 0 bridgehead atoms. The van der Waals surface area contributed by atoms with Crippen LogP contribution in [0.3, 0.4) is 0 Å². The van der Waals surface area contributed by atoms with Gasteiger partial charge in [-0.15, -0.1) is 10.2 Å². The van der Waals surface area contributed by atoms with Crippen LogP contribution in [0.5, 0.6) is 0 Å². The Morgan fingerprint density at radius 2 is 1.90 bits per heavy atom. The van der Waals surface area contributed by atoms with E-state index in [2.05, 4.69) is 20.8 Å². The molecule has 0 unspecified atom stereocenters. The number of halogens is 1. The van der Waals surface area contributed by atoms with Crippen LogP contribution in [0.1, 0.15) is 21.7 Å². The van der Waals surface area contributed by atoms with Crippen molar-refractivity contribution in [2.24, 2.45) is 7.05 Å². The minimum Gasteiger partial charge on any atom is -0.345 e. The number of aryl methyl sites for hydroxylation is 1. The highest BCUT2D eigenvalue weighted by Gasteiger charge is 2.13. The van der Waals surface area contributed by atoms with E-state index in [1.165, 1.54) is 36.0 Å². The molecular weight excluding hydrogens is 393 g/mol. The van der Waals surface area contributed by atoms with Crippen molar-refractivity contribution in [2.45, 2.75) is 18.6 Å². The Morgan fingerprint density at radius 3 is 2.62 bits per heavy atom. The van der Waals surface area contributed by atoms with Gasteiger partial charge in [-0.25, -0.2) is 4.39 Å². The fourth-order valence-electron chi connectivity index (χ4n) is 2.53. The maximum Gasteiger partial charge on any atom is 0.251 e. The number of aromatic nitrogens is 3. The molecule has 2 N–H and O–H groups in total. The summed E-state index contributed by atoms with van der Waals surface area (Å²) in [6.45, 7) is 2.15. The molecule has 0 aliphatic rings. The maximum absolute atomic E-state index is 12.9. The van der Waals surface area contributed by atoms with Gasteiger partial charge in [-0.3, -0.25) is 9.59 Å². The zero-order valence-electron chi connectivity index (χ0n) is 16.0. The molecule has 0 spiro atoms. The molecule has 0 radical (unpaired) electrons. The highest BCUT2D eigenvalue weighted by molar-refractivity contribution is 7.99. The van der Waals surface area contributed by atoms with Gasteiger partial charge in [0.1, 0.15) is 5.82 Å². The van der Waals surface area contributed by atoms with E-state index >= 15 is 0 Å². The van der Waals surface area contributed by atoms with Crippen molar-refractivity contribution in [1.29, 1.82) is 0 Å². The quantitative estimate of drug-likeness (QED) is 0.582. The number of amides is 2. The van der Waals surface area contributed by atoms with E-state index in [9.17, 15) is 14.0 Å². The predicted octanol–water partition coefficient (Wildman–Crippen LogP) is 2.92. The Hall–Kier alpha value is -3.20. The minimum atomic E-state index is -0.363. The van der Waals surface area contributed by atoms with Gasteiger partial charge in [-0.05, 0) is 43.3 Å². The fraction of sp³-hybridized carbons (Fsp3) is 0.200. The molecule has 0 aliphatic heterocycles. The standard InChI is InChI=1S/C20H20FN5O2S/c1-13-4-3-5-14(10-13)19(28)22-11-17-24-25-20(26(17)2)29-12-18(27)23-16-8-6-15(21)7-9-16/h3-10H,11-12H2,1-2H3,(H,22,28)(H,23,27). The Kier molecular flexibility index (Phi) is 6.61. The van der Waals surface area contributed by atoms with E-state index in [0.717, 1.165) is 5.56 Å². The van der Waals surface area contributed by atoms with Gasteiger partial charge >= 0.3 is 0 Å². The van der Waals surface area contributed by atoms with Gasteiger partial charge in [0.25, 0.3) is 5.91 Å². The van der Waals surface area contributed by atoms with E-state index < -0.39 is 0 Å². The number of nitrogens with one attached hydrogen (secondary N) is 2. The zero-order valence-corrected chi connectivity index (χ0v) is 16.8. The maximum atomic E-state index is 12.9. The lowest BCUT2D eigenvalue weighted by Gasteiger charge is -2.07. The molecule has 0 saturated carbocycles. The number of rotatable bonds is 7. The summed E-state index contributed by atoms with van der Waals surface area (Å²) in [5, 5.41) is 14.2. The summed E-state index contributed by atoms with van der Waals surface area (Å²) in [6, 6.07) is 12.9. The molecule has 29 heavy (non-hydrogen) atoms. The van der Waals surface area contributed by atoms with E-state index in [1.807, 2.05) is 25.1 Å². The molecule has 150 valence electrons. The molecule has 1 aromatic heterocycles. The molecule has 2 amide bonds. The summed E-state index contributed by atoms with van der Waals surface area (Å²) in [4.78, 5) is 24.3. The van der Waals surface area contributed by atoms with Crippen LogP contribution in [0.4, 0.5) is 10.1 Å². The highest BCUT2D eigenvalue weighted by atomic mass is 32.2. The molecule has 7 nitrogen and oxygen atoms in total. The lowest BCUT2D eigenvalue weighted by molar-refractivity contribution is -0.113. The van der Waals surface area contributed by atoms with Crippen molar-refractivity contribution in [3.05, 3.63) is 71.3 Å². The Balaban J connectivity index is 1.51. The molecule has 0 aliphatic carbocycles. The number of nitrogens with zero attached hydrogens (tertiary/aromatic N) is 3. The minimum absolute atomic E-state index is 0.124. The Labute approximate surface area is 171 Å². The molecule has 3 rings (SSSR count). The van der Waals surface area contributed by atoms with Crippen LogP contribution in [-0.2, 0) is 18.4 Å². The number of hydrogen-bond acceptors (Lipinski definition) is 5.